The lowest BCUT2D eigenvalue weighted by Crippen LogP contribution is -2.26. The van der Waals surface area contributed by atoms with Crippen molar-refractivity contribution in [3.05, 3.63) is 49.7 Å². The summed E-state index contributed by atoms with van der Waals surface area (Å²) in [5.41, 5.74) is 1.19. The van der Waals surface area contributed by atoms with Gasteiger partial charge in [0.05, 0.1) is 22.0 Å². The highest BCUT2D eigenvalue weighted by Crippen LogP contribution is 2.35. The highest BCUT2D eigenvalue weighted by molar-refractivity contribution is 9.10. The van der Waals surface area contributed by atoms with Crippen LogP contribution in [0.4, 0.5) is 0 Å². The number of aliphatic hydroxyl groups is 1. The molecule has 21 heavy (non-hydrogen) atoms. The van der Waals surface area contributed by atoms with E-state index in [0.717, 1.165) is 22.3 Å². The summed E-state index contributed by atoms with van der Waals surface area (Å²) >= 11 is 16.0. The number of nitrogens with zero attached hydrogens (tertiary/aromatic N) is 2. The molecule has 2 rings (SSSR count). The molecule has 3 nitrogen and oxygen atoms in total. The normalized spacial score (nSPS) is 14.2. The Morgan fingerprint density at radius 2 is 2.05 bits per heavy atom. The molecule has 114 valence electrons. The first-order valence-corrected chi connectivity index (χ1v) is 8.19. The summed E-state index contributed by atoms with van der Waals surface area (Å²) in [5.74, 6) is 0. The van der Waals surface area contributed by atoms with Crippen LogP contribution >= 0.6 is 39.1 Å². The largest absolute Gasteiger partial charge is 0.385 e. The third-order valence-electron chi connectivity index (χ3n) is 3.53. The van der Waals surface area contributed by atoms with E-state index in [1.807, 2.05) is 26.1 Å². The third-order valence-corrected chi connectivity index (χ3v) is 4.77. The van der Waals surface area contributed by atoms with Crippen LogP contribution in [0.15, 0.2) is 22.7 Å². The van der Waals surface area contributed by atoms with Gasteiger partial charge in [-0.15, -0.1) is 0 Å². The molecule has 0 radical (unpaired) electrons. The monoisotopic (exact) mass is 390 g/mol. The minimum atomic E-state index is -1.12. The lowest BCUT2D eigenvalue weighted by molar-refractivity contribution is 0.0557. The van der Waals surface area contributed by atoms with E-state index in [4.69, 9.17) is 23.2 Å². The van der Waals surface area contributed by atoms with E-state index in [1.165, 1.54) is 0 Å². The molecule has 2 aromatic rings. The van der Waals surface area contributed by atoms with E-state index in [0.29, 0.717) is 22.0 Å². The summed E-state index contributed by atoms with van der Waals surface area (Å²) in [7, 11) is 1.83. The number of benzene rings is 1. The third kappa shape index (κ3) is 3.45. The van der Waals surface area contributed by atoms with Crippen molar-refractivity contribution in [1.29, 1.82) is 0 Å². The molecular formula is C15H17BrCl2N2O. The molecule has 1 heterocycles. The van der Waals surface area contributed by atoms with Gasteiger partial charge in [-0.05, 0) is 25.5 Å². The van der Waals surface area contributed by atoms with Crippen molar-refractivity contribution in [1.82, 2.24) is 9.78 Å². The predicted molar refractivity (Wildman–Crippen MR) is 90.0 cm³/mol. The maximum atomic E-state index is 10.8. The molecule has 1 unspecified atom stereocenters. The van der Waals surface area contributed by atoms with Crippen LogP contribution in [0.3, 0.4) is 0 Å². The first-order valence-electron chi connectivity index (χ1n) is 6.64. The molecule has 0 aliphatic rings. The number of hydrogen-bond donors (Lipinski definition) is 1. The molecular weight excluding hydrogens is 375 g/mol. The second-order valence-corrected chi connectivity index (χ2v) is 6.96. The van der Waals surface area contributed by atoms with Crippen molar-refractivity contribution in [2.45, 2.75) is 32.3 Å². The standard InChI is InChI=1S/C15H17BrCl2N2O/c1-4-12-14(18)13(20(3)19-12)8-15(2,21)10-6-5-9(16)7-11(10)17/h5-7,21H,4,8H2,1-3H3. The average molecular weight is 392 g/mol. The van der Waals surface area contributed by atoms with E-state index >= 15 is 0 Å². The van der Waals surface area contributed by atoms with Crippen LogP contribution in [0.2, 0.25) is 10.0 Å². The lowest BCUT2D eigenvalue weighted by Gasteiger charge is -2.25. The van der Waals surface area contributed by atoms with Crippen LogP contribution in [0.25, 0.3) is 0 Å². The fourth-order valence-corrected chi connectivity index (χ4v) is 3.60. The Morgan fingerprint density at radius 3 is 2.57 bits per heavy atom. The molecule has 0 saturated carbocycles. The van der Waals surface area contributed by atoms with Crippen molar-refractivity contribution < 1.29 is 5.11 Å². The zero-order chi connectivity index (χ0) is 15.8. The Hall–Kier alpha value is -0.550. The summed E-state index contributed by atoms with van der Waals surface area (Å²) in [4.78, 5) is 0. The van der Waals surface area contributed by atoms with Crippen LogP contribution < -0.4 is 0 Å². The molecule has 0 bridgehead atoms. The van der Waals surface area contributed by atoms with Gasteiger partial charge in [0, 0.05) is 28.5 Å². The van der Waals surface area contributed by atoms with Crippen molar-refractivity contribution in [2.75, 3.05) is 0 Å². The van der Waals surface area contributed by atoms with Crippen molar-refractivity contribution in [3.8, 4) is 0 Å². The summed E-state index contributed by atoms with van der Waals surface area (Å²) in [6.45, 7) is 3.73. The van der Waals surface area contributed by atoms with Crippen LogP contribution in [0, 0.1) is 0 Å². The number of rotatable bonds is 4. The first kappa shape index (κ1) is 16.8. The van der Waals surface area contributed by atoms with Crippen LogP contribution in [0.5, 0.6) is 0 Å². The molecule has 0 fully saturated rings. The Balaban J connectivity index is 2.39. The maximum Gasteiger partial charge on any atom is 0.0938 e. The molecule has 0 amide bonds. The van der Waals surface area contributed by atoms with Crippen LogP contribution in [-0.4, -0.2) is 14.9 Å². The predicted octanol–water partition coefficient (Wildman–Crippen LogP) is 4.50. The number of halogens is 3. The van der Waals surface area contributed by atoms with Gasteiger partial charge in [0.15, 0.2) is 0 Å². The number of aryl methyl sites for hydroxylation is 2. The summed E-state index contributed by atoms with van der Waals surface area (Å²) in [6.07, 6.45) is 1.10. The van der Waals surface area contributed by atoms with E-state index in [9.17, 15) is 5.11 Å². The molecule has 0 saturated heterocycles. The maximum absolute atomic E-state index is 10.8. The van der Waals surface area contributed by atoms with E-state index < -0.39 is 5.60 Å². The zero-order valence-electron chi connectivity index (χ0n) is 12.1. The number of aromatic nitrogens is 2. The number of hydrogen-bond acceptors (Lipinski definition) is 2. The molecule has 6 heteroatoms. The summed E-state index contributed by atoms with van der Waals surface area (Å²) in [6, 6.07) is 5.45. The molecule has 1 aromatic heterocycles. The summed E-state index contributed by atoms with van der Waals surface area (Å²) in [5, 5.41) is 16.4. The van der Waals surface area contributed by atoms with Crippen molar-refractivity contribution in [2.24, 2.45) is 7.05 Å². The Labute approximate surface area is 143 Å². The highest BCUT2D eigenvalue weighted by atomic mass is 79.9. The molecule has 0 aliphatic heterocycles. The van der Waals surface area contributed by atoms with E-state index in [1.54, 1.807) is 17.7 Å². The van der Waals surface area contributed by atoms with Gasteiger partial charge in [0.25, 0.3) is 0 Å². The van der Waals surface area contributed by atoms with Gasteiger partial charge in [0.1, 0.15) is 0 Å². The van der Waals surface area contributed by atoms with Crippen LogP contribution in [-0.2, 0) is 25.5 Å². The second-order valence-electron chi connectivity index (χ2n) is 5.26. The van der Waals surface area contributed by atoms with Gasteiger partial charge in [-0.1, -0.05) is 52.1 Å². The minimum Gasteiger partial charge on any atom is -0.385 e. The van der Waals surface area contributed by atoms with Gasteiger partial charge in [-0.3, -0.25) is 4.68 Å². The molecule has 1 N–H and O–H groups in total. The molecule has 0 aliphatic carbocycles. The van der Waals surface area contributed by atoms with Crippen molar-refractivity contribution >= 4 is 39.1 Å². The van der Waals surface area contributed by atoms with Gasteiger partial charge >= 0.3 is 0 Å². The highest BCUT2D eigenvalue weighted by Gasteiger charge is 2.29. The molecule has 0 spiro atoms. The van der Waals surface area contributed by atoms with Gasteiger partial charge in [-0.2, -0.15) is 5.10 Å². The van der Waals surface area contributed by atoms with Crippen LogP contribution in [0.1, 0.15) is 30.8 Å². The van der Waals surface area contributed by atoms with E-state index in [2.05, 4.69) is 21.0 Å². The summed E-state index contributed by atoms with van der Waals surface area (Å²) < 4.78 is 2.60. The second kappa shape index (κ2) is 6.29. The van der Waals surface area contributed by atoms with Gasteiger partial charge < -0.3 is 5.11 Å². The Bertz CT molecular complexity index is 668. The Morgan fingerprint density at radius 1 is 1.38 bits per heavy atom. The fraction of sp³-hybridized carbons (Fsp3) is 0.400. The average Bonchev–Trinajstić information content (AvgIpc) is 2.65. The first-order chi connectivity index (χ1) is 9.76. The Kier molecular flexibility index (Phi) is 5.03. The SMILES string of the molecule is CCc1nn(C)c(CC(C)(O)c2ccc(Br)cc2Cl)c1Cl. The quantitative estimate of drug-likeness (QED) is 0.832. The van der Waals surface area contributed by atoms with Gasteiger partial charge in [-0.25, -0.2) is 0 Å². The smallest absolute Gasteiger partial charge is 0.0938 e. The molecule has 1 aromatic carbocycles. The molecule has 1 atom stereocenters. The lowest BCUT2D eigenvalue weighted by atomic mass is 9.91. The van der Waals surface area contributed by atoms with Gasteiger partial charge in [0.2, 0.25) is 0 Å². The fourth-order valence-electron chi connectivity index (χ4n) is 2.36. The topological polar surface area (TPSA) is 38.0 Å². The zero-order valence-corrected chi connectivity index (χ0v) is 15.2. The van der Waals surface area contributed by atoms with Crippen molar-refractivity contribution in [3.63, 3.8) is 0 Å². The minimum absolute atomic E-state index is 0.344. The van der Waals surface area contributed by atoms with E-state index in [-0.39, 0.29) is 0 Å².